The van der Waals surface area contributed by atoms with Gasteiger partial charge < -0.3 is 18.2 Å². The van der Waals surface area contributed by atoms with Gasteiger partial charge in [0.05, 0.1) is 16.8 Å². The van der Waals surface area contributed by atoms with E-state index in [1.54, 1.807) is 0 Å². The minimum Gasteiger partial charge on any atom is -0.456 e. The molecule has 10 aromatic rings. The van der Waals surface area contributed by atoms with E-state index in [-0.39, 0.29) is 0 Å². The number of aromatic nitrogens is 1. The fraction of sp³-hybridized carbons (Fsp3) is 0. The molecular weight excluding hydrogens is 592 g/mol. The first kappa shape index (κ1) is 26.6. The first-order chi connectivity index (χ1) is 23.8. The molecule has 0 radical (unpaired) electrons. The first-order valence-electron chi connectivity index (χ1n) is 16.0. The van der Waals surface area contributed by atoms with Crippen LogP contribution in [0.1, 0.15) is 0 Å². The number of nitrogens with zero attached hydrogens (tertiary/aromatic N) is 2. The highest BCUT2D eigenvalue weighted by atomic mass is 16.4. The van der Waals surface area contributed by atoms with E-state index >= 15 is 0 Å². The van der Waals surface area contributed by atoms with E-state index < -0.39 is 0 Å². The summed E-state index contributed by atoms with van der Waals surface area (Å²) in [5.74, 6) is 0.565. The number of hydrogen-bond acceptors (Lipinski definition) is 5. The van der Waals surface area contributed by atoms with Crippen LogP contribution < -0.4 is 4.90 Å². The molecule has 0 atom stereocenters. The van der Waals surface area contributed by atoms with Gasteiger partial charge in [0.25, 0.3) is 0 Å². The maximum absolute atomic E-state index is 6.73. The number of hydrogen-bond donors (Lipinski definition) is 0. The van der Waals surface area contributed by atoms with Crippen molar-refractivity contribution in [1.82, 2.24) is 4.98 Å². The Balaban J connectivity index is 1.28. The number of furan rings is 2. The smallest absolute Gasteiger partial charge is 0.227 e. The predicted octanol–water partition coefficient (Wildman–Crippen LogP) is 12.4. The average molecular weight is 619 g/mol. The second-order valence-electron chi connectivity index (χ2n) is 12.0. The van der Waals surface area contributed by atoms with Gasteiger partial charge >= 0.3 is 0 Å². The van der Waals surface area contributed by atoms with Crippen LogP contribution in [0.25, 0.3) is 77.6 Å². The molecule has 0 bridgehead atoms. The summed E-state index contributed by atoms with van der Waals surface area (Å²) < 4.78 is 19.7. The lowest BCUT2D eigenvalue weighted by Crippen LogP contribution is -2.10. The van der Waals surface area contributed by atoms with Crippen LogP contribution in [0, 0.1) is 0 Å². The Morgan fingerprint density at radius 2 is 1.06 bits per heavy atom. The van der Waals surface area contributed by atoms with Crippen molar-refractivity contribution in [3.05, 3.63) is 158 Å². The second kappa shape index (κ2) is 10.5. The number of benzene rings is 7. The molecule has 0 amide bonds. The molecule has 0 spiro atoms. The van der Waals surface area contributed by atoms with Crippen LogP contribution in [0.4, 0.5) is 17.1 Å². The maximum atomic E-state index is 6.73. The van der Waals surface area contributed by atoms with Crippen LogP contribution in [-0.4, -0.2) is 4.98 Å². The minimum atomic E-state index is 0.565. The molecule has 3 aromatic heterocycles. The topological polar surface area (TPSA) is 55.6 Å². The Morgan fingerprint density at radius 3 is 1.88 bits per heavy atom. The summed E-state index contributed by atoms with van der Waals surface area (Å²) in [7, 11) is 0. The van der Waals surface area contributed by atoms with Crippen LogP contribution in [0.2, 0.25) is 0 Å². The van der Waals surface area contributed by atoms with Crippen LogP contribution in [-0.2, 0) is 0 Å². The molecule has 0 unspecified atom stereocenters. The van der Waals surface area contributed by atoms with Gasteiger partial charge in [0.1, 0.15) is 22.3 Å². The largest absolute Gasteiger partial charge is 0.456 e. The van der Waals surface area contributed by atoms with Crippen LogP contribution in [0.5, 0.6) is 0 Å². The monoisotopic (exact) mass is 618 g/mol. The highest BCUT2D eigenvalue weighted by molar-refractivity contribution is 6.21. The molecule has 7 aromatic carbocycles. The second-order valence-corrected chi connectivity index (χ2v) is 12.0. The van der Waals surface area contributed by atoms with Crippen LogP contribution in [0.3, 0.4) is 0 Å². The molecule has 10 rings (SSSR count). The normalized spacial score (nSPS) is 11.8. The van der Waals surface area contributed by atoms with Gasteiger partial charge in [0.15, 0.2) is 11.2 Å². The van der Waals surface area contributed by atoms with E-state index in [9.17, 15) is 0 Å². The van der Waals surface area contributed by atoms with Crippen molar-refractivity contribution >= 4 is 72.0 Å². The summed E-state index contributed by atoms with van der Waals surface area (Å²) in [5.41, 5.74) is 10.5. The molecular formula is C43H26N2O3. The Kier molecular flexibility index (Phi) is 5.81. The fourth-order valence-corrected chi connectivity index (χ4v) is 6.87. The van der Waals surface area contributed by atoms with Crippen LogP contribution >= 0.6 is 0 Å². The van der Waals surface area contributed by atoms with Crippen molar-refractivity contribution in [2.75, 3.05) is 4.90 Å². The Bertz CT molecular complexity index is 2790. The van der Waals surface area contributed by atoms with Gasteiger partial charge in [-0.25, -0.2) is 4.98 Å². The van der Waals surface area contributed by atoms with Gasteiger partial charge in [-0.3, -0.25) is 0 Å². The van der Waals surface area contributed by atoms with Gasteiger partial charge in [-0.1, -0.05) is 97.1 Å². The summed E-state index contributed by atoms with van der Waals surface area (Å²) >= 11 is 0. The molecule has 226 valence electrons. The van der Waals surface area contributed by atoms with Crippen molar-refractivity contribution < 1.29 is 13.3 Å². The molecule has 0 aliphatic rings. The van der Waals surface area contributed by atoms with E-state index in [4.69, 9.17) is 18.2 Å². The minimum absolute atomic E-state index is 0.565. The summed E-state index contributed by atoms with van der Waals surface area (Å²) in [4.78, 5) is 7.27. The zero-order chi connectivity index (χ0) is 31.6. The van der Waals surface area contributed by atoms with E-state index in [1.807, 2.05) is 72.8 Å². The molecule has 48 heavy (non-hydrogen) atoms. The highest BCUT2D eigenvalue weighted by Gasteiger charge is 2.25. The van der Waals surface area contributed by atoms with Crippen LogP contribution in [0.15, 0.2) is 171 Å². The third kappa shape index (κ3) is 4.15. The van der Waals surface area contributed by atoms with E-state index in [0.717, 1.165) is 83.1 Å². The van der Waals surface area contributed by atoms with E-state index in [0.29, 0.717) is 11.5 Å². The van der Waals surface area contributed by atoms with E-state index in [2.05, 4.69) is 89.8 Å². The van der Waals surface area contributed by atoms with Crippen molar-refractivity contribution in [2.24, 2.45) is 0 Å². The van der Waals surface area contributed by atoms with Crippen molar-refractivity contribution in [2.45, 2.75) is 0 Å². The van der Waals surface area contributed by atoms with Crippen molar-refractivity contribution in [3.8, 4) is 22.6 Å². The Labute approximate surface area is 274 Å². The van der Waals surface area contributed by atoms with Crippen molar-refractivity contribution in [1.29, 1.82) is 0 Å². The summed E-state index contributed by atoms with van der Waals surface area (Å²) in [6.45, 7) is 0. The van der Waals surface area contributed by atoms with Gasteiger partial charge in [-0.2, -0.15) is 0 Å². The van der Waals surface area contributed by atoms with Gasteiger partial charge in [-0.15, -0.1) is 0 Å². The third-order valence-electron chi connectivity index (χ3n) is 9.08. The Morgan fingerprint density at radius 1 is 0.417 bits per heavy atom. The molecule has 5 heteroatoms. The van der Waals surface area contributed by atoms with Gasteiger partial charge in [0.2, 0.25) is 5.89 Å². The highest BCUT2D eigenvalue weighted by Crippen LogP contribution is 2.47. The standard InChI is InChI=1S/C43H26N2O3/c1-3-12-27(13-4-1)29-16-11-17-30(24-29)45(31-22-23-33-32-18-7-9-20-36(32)46-38(33)25-31)35-26-39-41(44-43(48-39)28-14-5-2-6-15-28)40-34-19-8-10-21-37(34)47-42(35)40/h1-26H. The molecule has 0 aliphatic heterocycles. The molecule has 3 heterocycles. The number of para-hydroxylation sites is 2. The van der Waals surface area contributed by atoms with Crippen molar-refractivity contribution in [3.63, 3.8) is 0 Å². The van der Waals surface area contributed by atoms with E-state index in [1.165, 1.54) is 0 Å². The lowest BCUT2D eigenvalue weighted by atomic mass is 10.0. The summed E-state index contributed by atoms with van der Waals surface area (Å²) in [5, 5.41) is 4.06. The molecule has 0 N–H and O–H groups in total. The SMILES string of the molecule is c1ccc(-c2cccc(N(c3ccc4c(c3)oc3ccccc34)c3cc4oc(-c5ccccc5)nc4c4c3oc3ccccc34)c2)cc1. The summed E-state index contributed by atoms with van der Waals surface area (Å²) in [6.07, 6.45) is 0. The maximum Gasteiger partial charge on any atom is 0.227 e. The zero-order valence-electron chi connectivity index (χ0n) is 25.6. The molecule has 0 fully saturated rings. The summed E-state index contributed by atoms with van der Waals surface area (Å²) in [6, 6.07) is 53.7. The van der Waals surface area contributed by atoms with Gasteiger partial charge in [0, 0.05) is 39.5 Å². The average Bonchev–Trinajstić information content (AvgIpc) is 3.86. The number of fused-ring (bicyclic) bond motifs is 8. The number of rotatable bonds is 5. The first-order valence-corrected chi connectivity index (χ1v) is 16.0. The lowest BCUT2D eigenvalue weighted by Gasteiger charge is -2.26. The molecule has 0 saturated carbocycles. The molecule has 0 aliphatic carbocycles. The zero-order valence-corrected chi connectivity index (χ0v) is 25.6. The quantitative estimate of drug-likeness (QED) is 0.192. The number of oxazole rings is 1. The predicted molar refractivity (Wildman–Crippen MR) is 194 cm³/mol. The lowest BCUT2D eigenvalue weighted by molar-refractivity contribution is 0.619. The molecule has 5 nitrogen and oxygen atoms in total. The molecule has 0 saturated heterocycles. The fourth-order valence-electron chi connectivity index (χ4n) is 6.87. The third-order valence-corrected chi connectivity index (χ3v) is 9.08. The number of anilines is 3. The van der Waals surface area contributed by atoms with Gasteiger partial charge in [-0.05, 0) is 59.7 Å². The Hall–Kier alpha value is -6.59.